The number of hydrogen-bond donors (Lipinski definition) is 1. The van der Waals surface area contributed by atoms with Crippen molar-refractivity contribution in [3.63, 3.8) is 0 Å². The highest BCUT2D eigenvalue weighted by Crippen LogP contribution is 2.45. The van der Waals surface area contributed by atoms with Crippen molar-refractivity contribution < 1.29 is 14.3 Å². The van der Waals surface area contributed by atoms with Gasteiger partial charge in [0.25, 0.3) is 0 Å². The first-order chi connectivity index (χ1) is 12.0. The van der Waals surface area contributed by atoms with Crippen molar-refractivity contribution in [3.8, 4) is 0 Å². The monoisotopic (exact) mass is 429 g/mol. The van der Waals surface area contributed by atoms with Gasteiger partial charge in [0.1, 0.15) is 11.6 Å². The van der Waals surface area contributed by atoms with Gasteiger partial charge in [-0.15, -0.1) is 11.8 Å². The van der Waals surface area contributed by atoms with Crippen LogP contribution in [0.25, 0.3) is 0 Å². The van der Waals surface area contributed by atoms with Crippen LogP contribution in [-0.4, -0.2) is 34.3 Å². The second-order valence-corrected chi connectivity index (χ2v) is 8.68. The van der Waals surface area contributed by atoms with E-state index in [0.717, 1.165) is 24.8 Å². The number of Topliss-reactive ketones (excluding diaryl/α,β-unsaturated/α-hetero) is 1. The summed E-state index contributed by atoms with van der Waals surface area (Å²) in [4.78, 5) is 25.4. The number of nitrogens with one attached hydrogen (secondary N) is 1. The third-order valence-electron chi connectivity index (χ3n) is 5.12. The number of rotatable bonds is 7. The van der Waals surface area contributed by atoms with Crippen molar-refractivity contribution in [2.45, 2.75) is 63.0 Å². The van der Waals surface area contributed by atoms with E-state index in [0.29, 0.717) is 24.7 Å². The minimum Gasteiger partial charge on any atom is -0.364 e. The summed E-state index contributed by atoms with van der Waals surface area (Å²) in [6.07, 6.45) is 2.91. The maximum absolute atomic E-state index is 12.9. The Morgan fingerprint density at radius 2 is 2.00 bits per heavy atom. The fourth-order valence-corrected chi connectivity index (χ4v) is 5.32. The molecule has 3 atom stereocenters. The number of fused-ring (bicyclic) bond motifs is 1. The van der Waals surface area contributed by atoms with Crippen LogP contribution in [0.2, 0.25) is 0 Å². The molecule has 152 valence electrons. The molecule has 0 bridgehead atoms. The third kappa shape index (κ3) is 5.68. The van der Waals surface area contributed by atoms with Gasteiger partial charge in [0.15, 0.2) is 5.78 Å². The Morgan fingerprint density at radius 3 is 2.67 bits per heavy atom. The van der Waals surface area contributed by atoms with Gasteiger partial charge in [-0.3, -0.25) is 9.59 Å². The Kier molecular flexibility index (Phi) is 9.75. The van der Waals surface area contributed by atoms with Crippen molar-refractivity contribution in [3.05, 3.63) is 35.9 Å². The molecule has 2 fully saturated rings. The molecule has 1 aliphatic heterocycles. The lowest BCUT2D eigenvalue weighted by Gasteiger charge is -2.31. The number of carbonyl (C=O) groups excluding carboxylic acids is 2. The van der Waals surface area contributed by atoms with Crippen LogP contribution in [0.1, 0.15) is 45.1 Å². The van der Waals surface area contributed by atoms with Crippen LogP contribution in [0.3, 0.4) is 0 Å². The van der Waals surface area contributed by atoms with Gasteiger partial charge >= 0.3 is 0 Å². The number of carbonyl (C=O) groups is 2. The number of hydrogen-bond acceptors (Lipinski definition) is 4. The lowest BCUT2D eigenvalue weighted by Crippen LogP contribution is -2.58. The normalized spacial score (nSPS) is 24.7. The molecular weight excluding hydrogens is 398 g/mol. The molecule has 2 aliphatic rings. The molecular formula is C20H31NO3S3. The van der Waals surface area contributed by atoms with E-state index in [2.05, 4.69) is 19.2 Å². The second kappa shape index (κ2) is 10.8. The molecule has 4 nitrogen and oxygen atoms in total. The average molecular weight is 430 g/mol. The molecule has 1 heterocycles. The van der Waals surface area contributed by atoms with E-state index in [4.69, 9.17) is 4.74 Å². The van der Waals surface area contributed by atoms with Crippen molar-refractivity contribution in [1.29, 1.82) is 0 Å². The third-order valence-corrected chi connectivity index (χ3v) is 6.59. The summed E-state index contributed by atoms with van der Waals surface area (Å²) >= 11 is 1.69. The first-order valence-corrected chi connectivity index (χ1v) is 10.2. The lowest BCUT2D eigenvalue weighted by molar-refractivity contribution is -0.139. The first-order valence-electron chi connectivity index (χ1n) is 9.14. The van der Waals surface area contributed by atoms with Gasteiger partial charge in [-0.25, -0.2) is 0 Å². The zero-order chi connectivity index (χ0) is 17.9. The Morgan fingerprint density at radius 1 is 1.30 bits per heavy atom. The molecule has 7 heteroatoms. The molecule has 0 aromatic heterocycles. The molecule has 0 spiro atoms. The number of ether oxygens (including phenoxy) is 1. The summed E-state index contributed by atoms with van der Waals surface area (Å²) in [5.74, 6) is 0.911. The topological polar surface area (TPSA) is 55.4 Å². The Bertz CT molecular complexity index is 626. The van der Waals surface area contributed by atoms with Gasteiger partial charge in [-0.05, 0) is 37.2 Å². The number of amides is 1. The minimum absolute atomic E-state index is 0. The van der Waals surface area contributed by atoms with Crippen LogP contribution < -0.4 is 5.32 Å². The Labute approximate surface area is 180 Å². The van der Waals surface area contributed by atoms with Gasteiger partial charge in [0, 0.05) is 5.25 Å². The van der Waals surface area contributed by atoms with Crippen molar-refractivity contribution in [1.82, 2.24) is 5.32 Å². The van der Waals surface area contributed by atoms with E-state index in [1.165, 1.54) is 0 Å². The first kappa shape index (κ1) is 24.4. The van der Waals surface area contributed by atoms with Crippen LogP contribution in [0.15, 0.2) is 30.3 Å². The smallest absolute Gasteiger partial charge is 0.249 e. The lowest BCUT2D eigenvalue weighted by atomic mass is 9.92. The summed E-state index contributed by atoms with van der Waals surface area (Å²) in [6, 6.07) is 9.88. The van der Waals surface area contributed by atoms with E-state index < -0.39 is 11.6 Å². The molecule has 1 saturated heterocycles. The second-order valence-electron chi connectivity index (χ2n) is 7.49. The Hall–Kier alpha value is -0.630. The number of ketones is 1. The Balaban J connectivity index is 0.00000182. The van der Waals surface area contributed by atoms with Gasteiger partial charge < -0.3 is 10.1 Å². The van der Waals surface area contributed by atoms with Crippen LogP contribution in [0.4, 0.5) is 0 Å². The molecule has 27 heavy (non-hydrogen) atoms. The van der Waals surface area contributed by atoms with E-state index in [-0.39, 0.29) is 43.9 Å². The SMILES string of the molecule is CC(C)C[C@H](OCc1ccccc1)C(=O)N[C@]12CCC[C@H]1SCC2=O.S.S. The van der Waals surface area contributed by atoms with Gasteiger partial charge in [-0.2, -0.15) is 27.0 Å². The van der Waals surface area contributed by atoms with Gasteiger partial charge in [-0.1, -0.05) is 44.2 Å². The average Bonchev–Trinajstić information content (AvgIpc) is 3.12. The van der Waals surface area contributed by atoms with E-state index in [9.17, 15) is 9.59 Å². The van der Waals surface area contributed by atoms with Crippen molar-refractivity contribution in [2.24, 2.45) is 5.92 Å². The zero-order valence-corrected chi connectivity index (χ0v) is 18.8. The molecule has 1 amide bonds. The van der Waals surface area contributed by atoms with Crippen molar-refractivity contribution >= 4 is 50.4 Å². The number of thioether (sulfide) groups is 1. The molecule has 1 saturated carbocycles. The highest BCUT2D eigenvalue weighted by atomic mass is 32.2. The van der Waals surface area contributed by atoms with E-state index in [1.54, 1.807) is 11.8 Å². The van der Waals surface area contributed by atoms with Gasteiger partial charge in [0.05, 0.1) is 12.4 Å². The summed E-state index contributed by atoms with van der Waals surface area (Å²) in [5, 5.41) is 3.35. The minimum atomic E-state index is -0.646. The largest absolute Gasteiger partial charge is 0.364 e. The fraction of sp³-hybridized carbons (Fsp3) is 0.600. The zero-order valence-electron chi connectivity index (χ0n) is 16.0. The molecule has 1 aliphatic carbocycles. The number of benzene rings is 1. The molecule has 1 aromatic carbocycles. The highest BCUT2D eigenvalue weighted by Gasteiger charge is 2.54. The fourth-order valence-electron chi connectivity index (χ4n) is 3.79. The quantitative estimate of drug-likeness (QED) is 0.720. The molecule has 0 unspecified atom stereocenters. The molecule has 1 aromatic rings. The predicted molar refractivity (Wildman–Crippen MR) is 121 cm³/mol. The van der Waals surface area contributed by atoms with Crippen LogP contribution in [-0.2, 0) is 20.9 Å². The van der Waals surface area contributed by atoms with E-state index >= 15 is 0 Å². The molecule has 0 radical (unpaired) electrons. The summed E-state index contributed by atoms with van der Waals surface area (Å²) in [7, 11) is 0. The van der Waals surface area contributed by atoms with Gasteiger partial charge in [0.2, 0.25) is 5.91 Å². The molecule has 1 N–H and O–H groups in total. The standard InChI is InChI=1S/C20H27NO3S.2H2S/c1-14(2)11-16(24-12-15-7-4-3-5-8-15)19(23)21-20-10-6-9-18(20)25-13-17(20)22;;/h3-5,7-8,14,16,18H,6,9-13H2,1-2H3,(H,21,23);2*1H2/t16-,18+,20-;;/m0../s1. The maximum atomic E-state index is 12.9. The summed E-state index contributed by atoms with van der Waals surface area (Å²) < 4.78 is 5.96. The maximum Gasteiger partial charge on any atom is 0.249 e. The van der Waals surface area contributed by atoms with Crippen molar-refractivity contribution in [2.75, 3.05) is 5.75 Å². The van der Waals surface area contributed by atoms with Crippen LogP contribution in [0.5, 0.6) is 0 Å². The summed E-state index contributed by atoms with van der Waals surface area (Å²) in [5.41, 5.74) is 0.404. The van der Waals surface area contributed by atoms with Crippen LogP contribution >= 0.6 is 38.8 Å². The summed E-state index contributed by atoms with van der Waals surface area (Å²) in [6.45, 7) is 4.57. The van der Waals surface area contributed by atoms with E-state index in [1.807, 2.05) is 30.3 Å². The molecule has 3 rings (SSSR count). The predicted octanol–water partition coefficient (Wildman–Crippen LogP) is 3.57. The van der Waals surface area contributed by atoms with Crippen LogP contribution in [0, 0.1) is 5.92 Å². The highest BCUT2D eigenvalue weighted by molar-refractivity contribution is 8.01.